The maximum absolute atomic E-state index is 11.9. The standard InChI is InChI=1S/C16H25NO2S/c1-3-14(13-9-5-4-6-10-13)17-15-11-7-8-12-16(15)20(2,18)19/h7-8,11-14,17H,3-6,9-10H2,1-2H3. The average Bonchev–Trinajstić information content (AvgIpc) is 2.45. The van der Waals surface area contributed by atoms with Crippen molar-refractivity contribution in [2.24, 2.45) is 5.92 Å². The van der Waals surface area contributed by atoms with Gasteiger partial charge in [0.25, 0.3) is 0 Å². The number of hydrogen-bond donors (Lipinski definition) is 1. The molecule has 0 heterocycles. The monoisotopic (exact) mass is 295 g/mol. The summed E-state index contributed by atoms with van der Waals surface area (Å²) in [5, 5.41) is 3.49. The Morgan fingerprint density at radius 1 is 1.20 bits per heavy atom. The molecule has 2 rings (SSSR count). The predicted octanol–water partition coefficient (Wildman–Crippen LogP) is 3.86. The molecule has 112 valence electrons. The van der Waals surface area contributed by atoms with Crippen LogP contribution in [0.2, 0.25) is 0 Å². The molecule has 0 aliphatic heterocycles. The lowest BCUT2D eigenvalue weighted by Crippen LogP contribution is -2.30. The third kappa shape index (κ3) is 3.75. The van der Waals surface area contributed by atoms with Gasteiger partial charge in [0.1, 0.15) is 0 Å². The Hall–Kier alpha value is -1.03. The minimum atomic E-state index is -3.18. The molecule has 1 aliphatic rings. The van der Waals surface area contributed by atoms with E-state index in [4.69, 9.17) is 0 Å². The highest BCUT2D eigenvalue weighted by Gasteiger charge is 2.23. The van der Waals surface area contributed by atoms with Gasteiger partial charge in [-0.05, 0) is 37.3 Å². The van der Waals surface area contributed by atoms with Crippen LogP contribution in [0.3, 0.4) is 0 Å². The van der Waals surface area contributed by atoms with Gasteiger partial charge in [0, 0.05) is 12.3 Å². The van der Waals surface area contributed by atoms with E-state index in [-0.39, 0.29) is 0 Å². The largest absolute Gasteiger partial charge is 0.381 e. The maximum Gasteiger partial charge on any atom is 0.177 e. The van der Waals surface area contributed by atoms with Gasteiger partial charge in [-0.1, -0.05) is 38.3 Å². The Morgan fingerprint density at radius 2 is 1.85 bits per heavy atom. The molecule has 1 saturated carbocycles. The molecule has 1 aromatic rings. The number of hydrogen-bond acceptors (Lipinski definition) is 3. The van der Waals surface area contributed by atoms with Gasteiger partial charge in [0.05, 0.1) is 10.6 Å². The highest BCUT2D eigenvalue weighted by molar-refractivity contribution is 7.90. The van der Waals surface area contributed by atoms with Crippen molar-refractivity contribution in [3.8, 4) is 0 Å². The van der Waals surface area contributed by atoms with Crippen LogP contribution in [0.1, 0.15) is 45.4 Å². The Labute approximate surface area is 122 Å². The Bertz CT molecular complexity index is 533. The second-order valence-electron chi connectivity index (χ2n) is 5.83. The first-order chi connectivity index (χ1) is 9.52. The van der Waals surface area contributed by atoms with Crippen LogP contribution in [0.5, 0.6) is 0 Å². The van der Waals surface area contributed by atoms with E-state index in [1.807, 2.05) is 12.1 Å². The molecule has 0 aromatic heterocycles. The van der Waals surface area contributed by atoms with Crippen LogP contribution in [-0.2, 0) is 9.84 Å². The summed E-state index contributed by atoms with van der Waals surface area (Å²) in [5.41, 5.74) is 0.757. The summed E-state index contributed by atoms with van der Waals surface area (Å²) >= 11 is 0. The summed E-state index contributed by atoms with van der Waals surface area (Å²) in [6.07, 6.45) is 8.76. The molecule has 4 heteroatoms. The fourth-order valence-electron chi connectivity index (χ4n) is 3.20. The number of para-hydroxylation sites is 1. The first-order valence-corrected chi connectivity index (χ1v) is 9.47. The van der Waals surface area contributed by atoms with Crippen LogP contribution < -0.4 is 5.32 Å². The normalized spacial score (nSPS) is 18.7. The first-order valence-electron chi connectivity index (χ1n) is 7.58. The van der Waals surface area contributed by atoms with Gasteiger partial charge in [-0.3, -0.25) is 0 Å². The van der Waals surface area contributed by atoms with Crippen molar-refractivity contribution in [2.75, 3.05) is 11.6 Å². The van der Waals surface area contributed by atoms with Crippen LogP contribution in [-0.4, -0.2) is 20.7 Å². The summed E-state index contributed by atoms with van der Waals surface area (Å²) < 4.78 is 23.7. The summed E-state index contributed by atoms with van der Waals surface area (Å²) in [5.74, 6) is 0.668. The first kappa shape index (κ1) is 15.4. The number of sulfone groups is 1. The molecule has 0 spiro atoms. The highest BCUT2D eigenvalue weighted by atomic mass is 32.2. The summed E-state index contributed by atoms with van der Waals surface area (Å²) in [4.78, 5) is 0.411. The van der Waals surface area contributed by atoms with E-state index in [2.05, 4.69) is 12.2 Å². The second kappa shape index (κ2) is 6.61. The Balaban J connectivity index is 2.19. The zero-order valence-electron chi connectivity index (χ0n) is 12.4. The molecule has 20 heavy (non-hydrogen) atoms. The second-order valence-corrected chi connectivity index (χ2v) is 7.81. The fourth-order valence-corrected chi connectivity index (χ4v) is 4.05. The van der Waals surface area contributed by atoms with E-state index >= 15 is 0 Å². The molecule has 1 fully saturated rings. The SMILES string of the molecule is CCC(Nc1ccccc1S(C)(=O)=O)C1CCCCC1. The molecule has 0 saturated heterocycles. The lowest BCUT2D eigenvalue weighted by Gasteiger charge is -2.31. The molecule has 0 bridgehead atoms. The minimum absolute atomic E-state index is 0.373. The van der Waals surface area contributed by atoms with Gasteiger partial charge in [-0.15, -0.1) is 0 Å². The average molecular weight is 295 g/mol. The number of nitrogens with one attached hydrogen (secondary N) is 1. The van der Waals surface area contributed by atoms with Gasteiger partial charge in [0.2, 0.25) is 0 Å². The summed E-state index contributed by atoms with van der Waals surface area (Å²) in [6.45, 7) is 2.18. The molecular formula is C16H25NO2S. The Kier molecular flexibility index (Phi) is 5.08. The van der Waals surface area contributed by atoms with Crippen molar-refractivity contribution in [1.29, 1.82) is 0 Å². The molecular weight excluding hydrogens is 270 g/mol. The van der Waals surface area contributed by atoms with Crippen molar-refractivity contribution >= 4 is 15.5 Å². The zero-order chi connectivity index (χ0) is 14.6. The number of benzene rings is 1. The molecule has 1 atom stereocenters. The van der Waals surface area contributed by atoms with E-state index in [1.54, 1.807) is 12.1 Å². The number of rotatable bonds is 5. The molecule has 1 aliphatic carbocycles. The van der Waals surface area contributed by atoms with Gasteiger partial charge in [0.15, 0.2) is 9.84 Å². The van der Waals surface area contributed by atoms with Gasteiger partial charge < -0.3 is 5.32 Å². The minimum Gasteiger partial charge on any atom is -0.381 e. The molecule has 0 amide bonds. The third-order valence-electron chi connectivity index (χ3n) is 4.29. The van der Waals surface area contributed by atoms with Crippen LogP contribution in [0, 0.1) is 5.92 Å². The van der Waals surface area contributed by atoms with E-state index in [1.165, 1.54) is 38.4 Å². The third-order valence-corrected chi connectivity index (χ3v) is 5.44. The molecule has 1 unspecified atom stereocenters. The van der Waals surface area contributed by atoms with Crippen LogP contribution in [0.25, 0.3) is 0 Å². The Morgan fingerprint density at radius 3 is 2.45 bits per heavy atom. The molecule has 0 radical (unpaired) electrons. The van der Waals surface area contributed by atoms with Gasteiger partial charge in [-0.25, -0.2) is 8.42 Å². The van der Waals surface area contributed by atoms with E-state index < -0.39 is 9.84 Å². The van der Waals surface area contributed by atoms with Crippen LogP contribution >= 0.6 is 0 Å². The topological polar surface area (TPSA) is 46.2 Å². The van der Waals surface area contributed by atoms with Crippen LogP contribution in [0.15, 0.2) is 29.2 Å². The van der Waals surface area contributed by atoms with E-state index in [9.17, 15) is 8.42 Å². The molecule has 3 nitrogen and oxygen atoms in total. The van der Waals surface area contributed by atoms with Crippen molar-refractivity contribution in [3.05, 3.63) is 24.3 Å². The smallest absolute Gasteiger partial charge is 0.177 e. The molecule has 1 N–H and O–H groups in total. The highest BCUT2D eigenvalue weighted by Crippen LogP contribution is 2.31. The van der Waals surface area contributed by atoms with Gasteiger partial charge >= 0.3 is 0 Å². The van der Waals surface area contributed by atoms with Crippen molar-refractivity contribution < 1.29 is 8.42 Å². The summed E-state index contributed by atoms with van der Waals surface area (Å²) in [7, 11) is -3.18. The lowest BCUT2D eigenvalue weighted by molar-refractivity contribution is 0.313. The fraction of sp³-hybridized carbons (Fsp3) is 0.625. The van der Waals surface area contributed by atoms with Crippen molar-refractivity contribution in [3.63, 3.8) is 0 Å². The van der Waals surface area contributed by atoms with Crippen LogP contribution in [0.4, 0.5) is 5.69 Å². The van der Waals surface area contributed by atoms with Gasteiger partial charge in [-0.2, -0.15) is 0 Å². The number of anilines is 1. The van der Waals surface area contributed by atoms with Crippen molar-refractivity contribution in [1.82, 2.24) is 0 Å². The van der Waals surface area contributed by atoms with E-state index in [0.29, 0.717) is 16.9 Å². The maximum atomic E-state index is 11.9. The lowest BCUT2D eigenvalue weighted by atomic mass is 9.83. The molecule has 1 aromatic carbocycles. The quantitative estimate of drug-likeness (QED) is 0.897. The van der Waals surface area contributed by atoms with Crippen molar-refractivity contribution in [2.45, 2.75) is 56.4 Å². The van der Waals surface area contributed by atoms with E-state index in [0.717, 1.165) is 12.1 Å². The zero-order valence-corrected chi connectivity index (χ0v) is 13.2. The summed E-state index contributed by atoms with van der Waals surface area (Å²) in [6, 6.07) is 7.61. The predicted molar refractivity (Wildman–Crippen MR) is 83.8 cm³/mol.